The van der Waals surface area contributed by atoms with E-state index in [9.17, 15) is 15.4 Å². The number of benzene rings is 2. The minimum Gasteiger partial charge on any atom is -0.302 e. The fourth-order valence-corrected chi connectivity index (χ4v) is 7.46. The van der Waals surface area contributed by atoms with Crippen molar-refractivity contribution in [2.45, 2.75) is 63.6 Å². The molecule has 0 saturated heterocycles. The Balaban J connectivity index is 1.50. The number of hydrogen-bond donors (Lipinski definition) is 0. The van der Waals surface area contributed by atoms with Crippen LogP contribution in [0.3, 0.4) is 0 Å². The molecular formula is C30H29ClN6O2S2. The SMILES string of the molecule is CCn1c(Sc2ccc([N+](=O)[O-])cc2C=Nc2sc3c(c2C#N)CC[C@H](C(C)(C)C)C3)nnc1-c1cccc(Cl)c1. The molecule has 0 fully saturated rings. The normalized spacial score (nSPS) is 15.2. The van der Waals surface area contributed by atoms with Crippen molar-refractivity contribution in [1.82, 2.24) is 14.8 Å². The van der Waals surface area contributed by atoms with Crippen LogP contribution >= 0.6 is 34.7 Å². The van der Waals surface area contributed by atoms with Gasteiger partial charge in [0.05, 0.1) is 10.5 Å². The Morgan fingerprint density at radius 3 is 2.78 bits per heavy atom. The van der Waals surface area contributed by atoms with E-state index in [0.717, 1.165) is 35.3 Å². The van der Waals surface area contributed by atoms with E-state index >= 15 is 0 Å². The van der Waals surface area contributed by atoms with Crippen LogP contribution in [-0.4, -0.2) is 25.9 Å². The van der Waals surface area contributed by atoms with Crippen molar-refractivity contribution in [3.8, 4) is 17.5 Å². The minimum atomic E-state index is -0.422. The number of rotatable bonds is 7. The predicted molar refractivity (Wildman–Crippen MR) is 165 cm³/mol. The fraction of sp³-hybridized carbons (Fsp3) is 0.333. The van der Waals surface area contributed by atoms with E-state index in [1.807, 2.05) is 29.7 Å². The molecule has 0 saturated carbocycles. The number of thiophene rings is 1. The first-order valence-corrected chi connectivity index (χ1v) is 15.3. The van der Waals surface area contributed by atoms with E-state index in [2.05, 4.69) is 37.0 Å². The molecule has 5 rings (SSSR count). The second-order valence-electron chi connectivity index (χ2n) is 11.0. The van der Waals surface area contributed by atoms with Crippen LogP contribution in [-0.2, 0) is 19.4 Å². The van der Waals surface area contributed by atoms with E-state index in [0.29, 0.717) is 44.6 Å². The Bertz CT molecular complexity index is 1700. The van der Waals surface area contributed by atoms with Gasteiger partial charge < -0.3 is 4.57 Å². The maximum atomic E-state index is 11.6. The number of hydrogen-bond acceptors (Lipinski definition) is 8. The maximum absolute atomic E-state index is 11.6. The molecule has 41 heavy (non-hydrogen) atoms. The molecule has 11 heteroatoms. The molecule has 4 aromatic rings. The van der Waals surface area contributed by atoms with Gasteiger partial charge in [-0.05, 0) is 73.0 Å². The van der Waals surface area contributed by atoms with Gasteiger partial charge in [-0.3, -0.25) is 10.1 Å². The lowest BCUT2D eigenvalue weighted by Gasteiger charge is -2.33. The van der Waals surface area contributed by atoms with Gasteiger partial charge >= 0.3 is 0 Å². The molecule has 0 aliphatic heterocycles. The minimum absolute atomic E-state index is 0.0358. The number of aliphatic imine (C=N–C) groups is 1. The first-order chi connectivity index (χ1) is 19.6. The molecule has 210 valence electrons. The van der Waals surface area contributed by atoms with Crippen molar-refractivity contribution in [2.75, 3.05) is 0 Å². The van der Waals surface area contributed by atoms with Crippen LogP contribution in [0.2, 0.25) is 5.02 Å². The highest BCUT2D eigenvalue weighted by molar-refractivity contribution is 7.99. The summed E-state index contributed by atoms with van der Waals surface area (Å²) in [7, 11) is 0. The lowest BCUT2D eigenvalue weighted by molar-refractivity contribution is -0.384. The monoisotopic (exact) mass is 604 g/mol. The van der Waals surface area contributed by atoms with Gasteiger partial charge in [-0.15, -0.1) is 21.5 Å². The summed E-state index contributed by atoms with van der Waals surface area (Å²) in [5.74, 6) is 1.23. The Kier molecular flexibility index (Phi) is 8.32. The topological polar surface area (TPSA) is 110 Å². The summed E-state index contributed by atoms with van der Waals surface area (Å²) in [6, 6.07) is 14.5. The lowest BCUT2D eigenvalue weighted by atomic mass is 9.72. The van der Waals surface area contributed by atoms with E-state index in [1.165, 1.54) is 28.8 Å². The fourth-order valence-electron chi connectivity index (χ4n) is 5.08. The number of nitro groups is 1. The van der Waals surface area contributed by atoms with Crippen molar-refractivity contribution in [2.24, 2.45) is 16.3 Å². The first-order valence-electron chi connectivity index (χ1n) is 13.3. The number of aromatic nitrogens is 3. The highest BCUT2D eigenvalue weighted by Crippen LogP contribution is 2.45. The summed E-state index contributed by atoms with van der Waals surface area (Å²) in [4.78, 5) is 17.9. The van der Waals surface area contributed by atoms with Crippen molar-refractivity contribution < 1.29 is 4.92 Å². The molecule has 1 aliphatic rings. The van der Waals surface area contributed by atoms with E-state index in [-0.39, 0.29) is 11.1 Å². The predicted octanol–water partition coefficient (Wildman–Crippen LogP) is 8.51. The lowest BCUT2D eigenvalue weighted by Crippen LogP contribution is -2.26. The van der Waals surface area contributed by atoms with E-state index < -0.39 is 4.92 Å². The van der Waals surface area contributed by atoms with E-state index in [1.54, 1.807) is 29.7 Å². The van der Waals surface area contributed by atoms with Gasteiger partial charge in [-0.25, -0.2) is 4.99 Å². The van der Waals surface area contributed by atoms with E-state index in [4.69, 9.17) is 16.6 Å². The zero-order valence-corrected chi connectivity index (χ0v) is 25.6. The first kappa shape index (κ1) is 29.0. The van der Waals surface area contributed by atoms with Gasteiger partial charge in [0.2, 0.25) is 0 Å². The third-order valence-electron chi connectivity index (χ3n) is 7.43. The average Bonchev–Trinajstić information content (AvgIpc) is 3.51. The van der Waals surface area contributed by atoms with Crippen molar-refractivity contribution in [3.63, 3.8) is 0 Å². The van der Waals surface area contributed by atoms with Crippen molar-refractivity contribution >= 4 is 51.6 Å². The van der Waals surface area contributed by atoms with Crippen LogP contribution < -0.4 is 0 Å². The Hall–Kier alpha value is -3.52. The molecule has 0 spiro atoms. The molecule has 0 unspecified atom stereocenters. The van der Waals surface area contributed by atoms with Gasteiger partial charge in [-0.1, -0.05) is 44.5 Å². The molecule has 2 aromatic carbocycles. The molecule has 0 radical (unpaired) electrons. The molecule has 8 nitrogen and oxygen atoms in total. The van der Waals surface area contributed by atoms with Gasteiger partial charge in [0.15, 0.2) is 11.0 Å². The molecule has 1 aliphatic carbocycles. The van der Waals surface area contributed by atoms with Crippen LogP contribution in [0.25, 0.3) is 11.4 Å². The van der Waals surface area contributed by atoms with Crippen LogP contribution in [0.1, 0.15) is 55.7 Å². The summed E-state index contributed by atoms with van der Waals surface area (Å²) in [5, 5.41) is 32.3. The smallest absolute Gasteiger partial charge is 0.270 e. The molecule has 0 amide bonds. The summed E-state index contributed by atoms with van der Waals surface area (Å²) in [6.45, 7) is 9.42. The second kappa shape index (κ2) is 11.8. The highest BCUT2D eigenvalue weighted by Gasteiger charge is 2.32. The van der Waals surface area contributed by atoms with Gasteiger partial charge in [0.1, 0.15) is 11.1 Å². The van der Waals surface area contributed by atoms with Gasteiger partial charge in [0, 0.05) is 50.8 Å². The summed E-state index contributed by atoms with van der Waals surface area (Å²) in [6.07, 6.45) is 4.48. The average molecular weight is 605 g/mol. The number of nitriles is 1. The standard InChI is InChI=1S/C30H29ClN6O2S2/c1-5-36-27(18-7-6-8-21(31)13-18)34-35-29(36)41-25-12-10-22(37(38)39)14-19(25)17-33-28-24(16-32)23-11-9-20(30(2,3)4)15-26(23)40-28/h6-8,10,12-14,17,20H,5,9,11,15H2,1-4H3/t20-/m0/s1. The third kappa shape index (κ3) is 6.08. The second-order valence-corrected chi connectivity index (χ2v) is 13.5. The number of halogens is 1. The zero-order chi connectivity index (χ0) is 29.3. The number of non-ortho nitro benzene ring substituents is 1. The Labute approximate surface area is 252 Å². The van der Waals surface area contributed by atoms with Crippen LogP contribution in [0.4, 0.5) is 10.7 Å². The van der Waals surface area contributed by atoms with Gasteiger partial charge in [-0.2, -0.15) is 5.26 Å². The molecular weight excluding hydrogens is 576 g/mol. The van der Waals surface area contributed by atoms with Crippen LogP contribution in [0.15, 0.2) is 57.5 Å². The Morgan fingerprint density at radius 1 is 1.29 bits per heavy atom. The molecule has 0 N–H and O–H groups in total. The molecule has 1 atom stereocenters. The number of nitro benzene ring substituents is 1. The molecule has 2 aromatic heterocycles. The number of fused-ring (bicyclic) bond motifs is 1. The molecule has 2 heterocycles. The number of nitrogens with zero attached hydrogens (tertiary/aromatic N) is 6. The largest absolute Gasteiger partial charge is 0.302 e. The maximum Gasteiger partial charge on any atom is 0.270 e. The summed E-state index contributed by atoms with van der Waals surface area (Å²) >= 11 is 9.12. The zero-order valence-electron chi connectivity index (χ0n) is 23.2. The van der Waals surface area contributed by atoms with Crippen LogP contribution in [0, 0.1) is 32.8 Å². The Morgan fingerprint density at radius 2 is 2.10 bits per heavy atom. The third-order valence-corrected chi connectivity index (χ3v) is 9.90. The molecule has 0 bridgehead atoms. The van der Waals surface area contributed by atoms with Crippen molar-refractivity contribution in [3.05, 3.63) is 79.2 Å². The van der Waals surface area contributed by atoms with Gasteiger partial charge in [0.25, 0.3) is 5.69 Å². The van der Waals surface area contributed by atoms with Crippen molar-refractivity contribution in [1.29, 1.82) is 5.26 Å². The summed E-state index contributed by atoms with van der Waals surface area (Å²) in [5.41, 5.74) is 3.30. The summed E-state index contributed by atoms with van der Waals surface area (Å²) < 4.78 is 1.98. The quantitative estimate of drug-likeness (QED) is 0.119. The highest BCUT2D eigenvalue weighted by atomic mass is 35.5. The van der Waals surface area contributed by atoms with Crippen LogP contribution in [0.5, 0.6) is 0 Å².